The quantitative estimate of drug-likeness (QED) is 0.748. The van der Waals surface area contributed by atoms with E-state index in [4.69, 9.17) is 9.68 Å². The highest BCUT2D eigenvalue weighted by Gasteiger charge is 2.06. The maximum absolute atomic E-state index is 11.1. The predicted molar refractivity (Wildman–Crippen MR) is 67.2 cm³/mol. The average molecular weight is 252 g/mol. The minimum absolute atomic E-state index is 0.162. The topological polar surface area (TPSA) is 95.6 Å². The summed E-state index contributed by atoms with van der Waals surface area (Å²) in [6.45, 7) is 0. The zero-order chi connectivity index (χ0) is 13.2. The number of hydrogen-bond acceptors (Lipinski definition) is 5. The zero-order valence-electron chi connectivity index (χ0n) is 9.75. The number of nitrogens with zero attached hydrogens (tertiary/aromatic N) is 3. The maximum atomic E-state index is 11.1. The van der Waals surface area contributed by atoms with Crippen LogP contribution >= 0.6 is 0 Å². The van der Waals surface area contributed by atoms with Crippen LogP contribution in [0.1, 0.15) is 5.82 Å². The molecule has 0 aliphatic carbocycles. The van der Waals surface area contributed by atoms with Crippen LogP contribution in [0.25, 0.3) is 22.4 Å². The second kappa shape index (κ2) is 4.38. The Bertz CT molecular complexity index is 841. The van der Waals surface area contributed by atoms with Crippen LogP contribution in [-0.2, 0) is 6.42 Å². The lowest BCUT2D eigenvalue weighted by Crippen LogP contribution is -1.94. The molecule has 92 valence electrons. The van der Waals surface area contributed by atoms with Crippen molar-refractivity contribution in [3.63, 3.8) is 0 Å². The molecule has 6 heteroatoms. The highest BCUT2D eigenvalue weighted by molar-refractivity contribution is 5.78. The van der Waals surface area contributed by atoms with Gasteiger partial charge in [-0.05, 0) is 18.2 Å². The highest BCUT2D eigenvalue weighted by Crippen LogP contribution is 2.21. The van der Waals surface area contributed by atoms with Gasteiger partial charge in [0.2, 0.25) is 0 Å². The number of fused-ring (bicyclic) bond motifs is 1. The third-order valence-corrected chi connectivity index (χ3v) is 2.66. The van der Waals surface area contributed by atoms with Crippen LogP contribution < -0.4 is 5.76 Å². The normalized spacial score (nSPS) is 10.5. The van der Waals surface area contributed by atoms with Gasteiger partial charge in [-0.1, -0.05) is 6.07 Å². The van der Waals surface area contributed by atoms with Gasteiger partial charge in [-0.25, -0.2) is 14.8 Å². The fourth-order valence-electron chi connectivity index (χ4n) is 1.82. The number of nitrogens with one attached hydrogen (secondary N) is 1. The van der Waals surface area contributed by atoms with Crippen LogP contribution in [0.2, 0.25) is 0 Å². The molecule has 1 N–H and O–H groups in total. The van der Waals surface area contributed by atoms with Crippen molar-refractivity contribution < 1.29 is 4.42 Å². The summed E-state index contributed by atoms with van der Waals surface area (Å²) in [5.41, 5.74) is 2.60. The number of aromatic nitrogens is 3. The number of oxazole rings is 1. The lowest BCUT2D eigenvalue weighted by molar-refractivity contribution is 0.555. The lowest BCUT2D eigenvalue weighted by Gasteiger charge is -2.01. The van der Waals surface area contributed by atoms with E-state index in [0.717, 1.165) is 5.56 Å². The summed E-state index contributed by atoms with van der Waals surface area (Å²) < 4.78 is 5.00. The van der Waals surface area contributed by atoms with Gasteiger partial charge in [0, 0.05) is 11.8 Å². The molecular weight excluding hydrogens is 244 g/mol. The van der Waals surface area contributed by atoms with Crippen molar-refractivity contribution in [1.29, 1.82) is 5.26 Å². The van der Waals surface area contributed by atoms with E-state index < -0.39 is 5.76 Å². The number of nitriles is 1. The van der Waals surface area contributed by atoms with Crippen LogP contribution in [0.4, 0.5) is 0 Å². The van der Waals surface area contributed by atoms with Crippen LogP contribution in [0.3, 0.4) is 0 Å². The Morgan fingerprint density at radius 2 is 2.26 bits per heavy atom. The molecule has 0 spiro atoms. The zero-order valence-corrected chi connectivity index (χ0v) is 9.75. The van der Waals surface area contributed by atoms with Crippen LogP contribution in [0.5, 0.6) is 0 Å². The Balaban J connectivity index is 2.10. The first kappa shape index (κ1) is 11.2. The molecule has 0 saturated carbocycles. The standard InChI is InChI=1S/C13H8N4O2/c14-5-3-12-15-6-4-9(16-12)8-1-2-10-11(7-8)19-13(18)17-10/h1-2,4,6-7H,3H2,(H,17,18). The Morgan fingerprint density at radius 3 is 3.11 bits per heavy atom. The first-order valence-electron chi connectivity index (χ1n) is 5.58. The molecule has 1 aromatic carbocycles. The van der Waals surface area contributed by atoms with Crippen molar-refractivity contribution in [2.45, 2.75) is 6.42 Å². The maximum Gasteiger partial charge on any atom is 0.417 e. The van der Waals surface area contributed by atoms with Crippen LogP contribution in [-0.4, -0.2) is 15.0 Å². The van der Waals surface area contributed by atoms with Crippen molar-refractivity contribution in [1.82, 2.24) is 15.0 Å². The molecule has 0 aliphatic heterocycles. The largest absolute Gasteiger partial charge is 0.417 e. The molecule has 0 bridgehead atoms. The molecule has 6 nitrogen and oxygen atoms in total. The average Bonchev–Trinajstić information content (AvgIpc) is 2.78. The van der Waals surface area contributed by atoms with Crippen LogP contribution in [0, 0.1) is 11.3 Å². The Hall–Kier alpha value is -2.94. The van der Waals surface area contributed by atoms with Gasteiger partial charge in [0.1, 0.15) is 5.82 Å². The van der Waals surface area contributed by atoms with Gasteiger partial charge >= 0.3 is 5.76 Å². The summed E-state index contributed by atoms with van der Waals surface area (Å²) in [5.74, 6) is -0.0179. The van der Waals surface area contributed by atoms with Gasteiger partial charge in [-0.2, -0.15) is 5.26 Å². The SMILES string of the molecule is N#CCc1nccc(-c2ccc3[nH]c(=O)oc3c2)n1. The number of hydrogen-bond donors (Lipinski definition) is 1. The number of benzene rings is 1. The van der Waals surface area contributed by atoms with Gasteiger partial charge in [-0.15, -0.1) is 0 Å². The fourth-order valence-corrected chi connectivity index (χ4v) is 1.82. The highest BCUT2D eigenvalue weighted by atomic mass is 16.4. The Labute approximate surface area is 107 Å². The molecule has 0 saturated heterocycles. The Kier molecular flexibility index (Phi) is 2.58. The lowest BCUT2D eigenvalue weighted by atomic mass is 10.1. The summed E-state index contributed by atoms with van der Waals surface area (Å²) in [4.78, 5) is 22.0. The summed E-state index contributed by atoms with van der Waals surface area (Å²) in [5, 5.41) is 8.64. The molecule has 0 radical (unpaired) electrons. The van der Waals surface area contributed by atoms with E-state index in [9.17, 15) is 4.79 Å². The van der Waals surface area contributed by atoms with Gasteiger partial charge in [0.15, 0.2) is 5.58 Å². The molecule has 0 amide bonds. The van der Waals surface area contributed by atoms with E-state index in [1.807, 2.05) is 12.1 Å². The molecule has 2 aromatic heterocycles. The molecule has 19 heavy (non-hydrogen) atoms. The molecule has 2 heterocycles. The van der Waals surface area contributed by atoms with Crippen molar-refractivity contribution in [3.8, 4) is 17.3 Å². The van der Waals surface area contributed by atoms with Crippen molar-refractivity contribution in [2.75, 3.05) is 0 Å². The third-order valence-electron chi connectivity index (χ3n) is 2.66. The van der Waals surface area contributed by atoms with E-state index >= 15 is 0 Å². The van der Waals surface area contributed by atoms with Gasteiger partial charge in [0.05, 0.1) is 23.7 Å². The van der Waals surface area contributed by atoms with E-state index in [2.05, 4.69) is 15.0 Å². The van der Waals surface area contributed by atoms with Gasteiger partial charge in [-0.3, -0.25) is 4.98 Å². The van der Waals surface area contributed by atoms with Crippen molar-refractivity contribution in [2.24, 2.45) is 0 Å². The predicted octanol–water partition coefficient (Wildman–Crippen LogP) is 1.64. The van der Waals surface area contributed by atoms with Gasteiger partial charge in [0.25, 0.3) is 0 Å². The van der Waals surface area contributed by atoms with E-state index in [0.29, 0.717) is 22.6 Å². The summed E-state index contributed by atoms with van der Waals surface area (Å²) in [6, 6.07) is 9.05. The monoisotopic (exact) mass is 252 g/mol. The van der Waals surface area contributed by atoms with E-state index in [-0.39, 0.29) is 6.42 Å². The number of aromatic amines is 1. The first-order chi connectivity index (χ1) is 9.26. The second-order valence-corrected chi connectivity index (χ2v) is 3.92. The summed E-state index contributed by atoms with van der Waals surface area (Å²) >= 11 is 0. The van der Waals surface area contributed by atoms with E-state index in [1.54, 1.807) is 24.4 Å². The fraction of sp³-hybridized carbons (Fsp3) is 0.0769. The number of H-pyrrole nitrogens is 1. The minimum Gasteiger partial charge on any atom is -0.408 e. The van der Waals surface area contributed by atoms with Gasteiger partial charge < -0.3 is 4.42 Å². The van der Waals surface area contributed by atoms with Crippen molar-refractivity contribution in [3.05, 3.63) is 46.8 Å². The molecule has 0 aliphatic rings. The molecular formula is C13H8N4O2. The first-order valence-corrected chi connectivity index (χ1v) is 5.58. The third kappa shape index (κ3) is 2.09. The summed E-state index contributed by atoms with van der Waals surface area (Å²) in [7, 11) is 0. The minimum atomic E-state index is -0.486. The van der Waals surface area contributed by atoms with E-state index in [1.165, 1.54) is 0 Å². The Morgan fingerprint density at radius 1 is 1.37 bits per heavy atom. The molecule has 3 aromatic rings. The molecule has 0 fully saturated rings. The molecule has 0 unspecified atom stereocenters. The second-order valence-electron chi connectivity index (χ2n) is 3.92. The summed E-state index contributed by atoms with van der Waals surface area (Å²) in [6.07, 6.45) is 1.77. The molecule has 0 atom stereocenters. The molecule has 3 rings (SSSR count). The van der Waals surface area contributed by atoms with Crippen LogP contribution in [0.15, 0.2) is 39.7 Å². The van der Waals surface area contributed by atoms with Crippen molar-refractivity contribution >= 4 is 11.1 Å². The number of rotatable bonds is 2. The smallest absolute Gasteiger partial charge is 0.408 e.